The molecule has 112 valence electrons. The van der Waals surface area contributed by atoms with E-state index in [-0.39, 0.29) is 0 Å². The van der Waals surface area contributed by atoms with Gasteiger partial charge in [-0.2, -0.15) is 0 Å². The predicted octanol–water partition coefficient (Wildman–Crippen LogP) is 3.81. The van der Waals surface area contributed by atoms with E-state index in [9.17, 15) is 9.90 Å². The number of rotatable bonds is 6. The lowest BCUT2D eigenvalue weighted by molar-refractivity contribution is -0.144. The molecule has 0 radical (unpaired) electrons. The minimum Gasteiger partial charge on any atom is -0.480 e. The number of thiazole rings is 1. The second kappa shape index (κ2) is 6.56. The van der Waals surface area contributed by atoms with Crippen LogP contribution in [0.2, 0.25) is 5.02 Å². The third-order valence-electron chi connectivity index (χ3n) is 3.49. The normalized spacial score (nSPS) is 13.9. The van der Waals surface area contributed by atoms with Gasteiger partial charge in [0.05, 0.1) is 10.7 Å². The molecule has 21 heavy (non-hydrogen) atoms. The van der Waals surface area contributed by atoms with Crippen LogP contribution < -0.4 is 5.32 Å². The molecule has 0 spiro atoms. The average molecular weight is 325 g/mol. The molecule has 6 heteroatoms. The molecule has 0 aliphatic carbocycles. The van der Waals surface area contributed by atoms with Gasteiger partial charge in [0.25, 0.3) is 0 Å². The van der Waals surface area contributed by atoms with Crippen molar-refractivity contribution in [3.8, 4) is 10.6 Å². The highest BCUT2D eigenvalue weighted by atomic mass is 35.5. The van der Waals surface area contributed by atoms with Crippen LogP contribution in [0.25, 0.3) is 10.6 Å². The molecule has 2 N–H and O–H groups in total. The largest absolute Gasteiger partial charge is 0.480 e. The number of hydrogen-bond acceptors (Lipinski definition) is 4. The van der Waals surface area contributed by atoms with Gasteiger partial charge in [0.1, 0.15) is 10.5 Å². The summed E-state index contributed by atoms with van der Waals surface area (Å²) < 4.78 is 0. The fraction of sp³-hybridized carbons (Fsp3) is 0.333. The van der Waals surface area contributed by atoms with Gasteiger partial charge in [-0.15, -0.1) is 11.3 Å². The van der Waals surface area contributed by atoms with Crippen LogP contribution in [0.1, 0.15) is 26.0 Å². The molecule has 0 saturated heterocycles. The van der Waals surface area contributed by atoms with E-state index in [2.05, 4.69) is 10.3 Å². The highest BCUT2D eigenvalue weighted by Crippen LogP contribution is 2.30. The molecule has 0 aliphatic rings. The maximum Gasteiger partial charge on any atom is 0.323 e. The SMILES string of the molecule is CCC(C)(NCc1csc(-c2ccccc2Cl)n1)C(=O)O. The quantitative estimate of drug-likeness (QED) is 0.848. The van der Waals surface area contributed by atoms with Gasteiger partial charge in [0, 0.05) is 17.5 Å². The van der Waals surface area contributed by atoms with Gasteiger partial charge in [0.2, 0.25) is 0 Å². The van der Waals surface area contributed by atoms with Crippen molar-refractivity contribution >= 4 is 28.9 Å². The molecule has 0 fully saturated rings. The summed E-state index contributed by atoms with van der Waals surface area (Å²) in [6.45, 7) is 3.94. The first-order chi connectivity index (χ1) is 9.96. The van der Waals surface area contributed by atoms with Crippen molar-refractivity contribution in [2.24, 2.45) is 0 Å². The Hall–Kier alpha value is -1.43. The fourth-order valence-corrected chi connectivity index (χ4v) is 2.92. The first-order valence-corrected chi connectivity index (χ1v) is 7.90. The van der Waals surface area contributed by atoms with Gasteiger partial charge < -0.3 is 5.11 Å². The Morgan fingerprint density at radius 2 is 2.19 bits per heavy atom. The van der Waals surface area contributed by atoms with Crippen LogP contribution in [-0.2, 0) is 11.3 Å². The van der Waals surface area contributed by atoms with Crippen molar-refractivity contribution < 1.29 is 9.90 Å². The second-order valence-electron chi connectivity index (χ2n) is 4.97. The number of aliphatic carboxylic acids is 1. The van der Waals surface area contributed by atoms with Gasteiger partial charge in [-0.1, -0.05) is 36.7 Å². The van der Waals surface area contributed by atoms with Crippen LogP contribution in [-0.4, -0.2) is 21.6 Å². The van der Waals surface area contributed by atoms with Gasteiger partial charge in [-0.05, 0) is 19.4 Å². The van der Waals surface area contributed by atoms with Crippen LogP contribution in [0, 0.1) is 0 Å². The summed E-state index contributed by atoms with van der Waals surface area (Å²) in [5, 5.41) is 15.7. The Labute approximate surface area is 132 Å². The van der Waals surface area contributed by atoms with Gasteiger partial charge >= 0.3 is 5.97 Å². The van der Waals surface area contributed by atoms with Crippen LogP contribution in [0.3, 0.4) is 0 Å². The van der Waals surface area contributed by atoms with E-state index in [0.717, 1.165) is 16.3 Å². The Bertz CT molecular complexity index is 644. The van der Waals surface area contributed by atoms with E-state index in [4.69, 9.17) is 11.6 Å². The predicted molar refractivity (Wildman–Crippen MR) is 85.7 cm³/mol. The Morgan fingerprint density at radius 1 is 1.48 bits per heavy atom. The van der Waals surface area contributed by atoms with Gasteiger partial charge in [-0.25, -0.2) is 4.98 Å². The molecule has 2 rings (SSSR count). The standard InChI is InChI=1S/C15H17ClN2O2S/c1-3-15(2,14(19)20)17-8-10-9-21-13(18-10)11-6-4-5-7-12(11)16/h4-7,9,17H,3,8H2,1-2H3,(H,19,20). The molecule has 0 bridgehead atoms. The maximum absolute atomic E-state index is 11.2. The zero-order valence-electron chi connectivity index (χ0n) is 11.9. The summed E-state index contributed by atoms with van der Waals surface area (Å²) in [5.74, 6) is -0.855. The molecule has 0 amide bonds. The van der Waals surface area contributed by atoms with E-state index in [1.165, 1.54) is 11.3 Å². The molecule has 1 aromatic carbocycles. The molecule has 1 atom stereocenters. The molecule has 0 saturated carbocycles. The highest BCUT2D eigenvalue weighted by Gasteiger charge is 2.30. The van der Waals surface area contributed by atoms with Crippen molar-refractivity contribution in [1.29, 1.82) is 0 Å². The number of carboxylic acid groups (broad SMARTS) is 1. The number of nitrogens with one attached hydrogen (secondary N) is 1. The molecule has 0 aliphatic heterocycles. The first-order valence-electron chi connectivity index (χ1n) is 6.64. The minimum absolute atomic E-state index is 0.414. The lowest BCUT2D eigenvalue weighted by Gasteiger charge is -2.24. The monoisotopic (exact) mass is 324 g/mol. The average Bonchev–Trinajstić information content (AvgIpc) is 2.93. The van der Waals surface area contributed by atoms with E-state index >= 15 is 0 Å². The molecule has 1 heterocycles. The zero-order chi connectivity index (χ0) is 15.5. The van der Waals surface area contributed by atoms with Crippen molar-refractivity contribution in [3.63, 3.8) is 0 Å². The highest BCUT2D eigenvalue weighted by molar-refractivity contribution is 7.13. The van der Waals surface area contributed by atoms with E-state index in [0.29, 0.717) is 18.0 Å². The number of halogens is 1. The number of carbonyl (C=O) groups is 1. The molecule has 2 aromatic rings. The Kier molecular flexibility index (Phi) is 4.98. The van der Waals surface area contributed by atoms with Crippen molar-refractivity contribution in [3.05, 3.63) is 40.4 Å². The Morgan fingerprint density at radius 3 is 2.81 bits per heavy atom. The maximum atomic E-state index is 11.2. The van der Waals surface area contributed by atoms with Gasteiger partial charge in [-0.3, -0.25) is 10.1 Å². The molecule has 4 nitrogen and oxygen atoms in total. The smallest absolute Gasteiger partial charge is 0.323 e. The molecule has 1 aromatic heterocycles. The summed E-state index contributed by atoms with van der Waals surface area (Å²) in [6.07, 6.45) is 0.504. The van der Waals surface area contributed by atoms with Crippen LogP contribution in [0.15, 0.2) is 29.6 Å². The third kappa shape index (κ3) is 3.61. The van der Waals surface area contributed by atoms with Crippen molar-refractivity contribution in [2.45, 2.75) is 32.4 Å². The van der Waals surface area contributed by atoms with Crippen LogP contribution in [0.5, 0.6) is 0 Å². The van der Waals surface area contributed by atoms with Crippen LogP contribution in [0.4, 0.5) is 0 Å². The summed E-state index contributed by atoms with van der Waals surface area (Å²) in [5.41, 5.74) is 0.775. The molecular formula is C15H17ClN2O2S. The van der Waals surface area contributed by atoms with Crippen molar-refractivity contribution in [2.75, 3.05) is 0 Å². The van der Waals surface area contributed by atoms with E-state index < -0.39 is 11.5 Å². The third-order valence-corrected chi connectivity index (χ3v) is 4.75. The summed E-state index contributed by atoms with van der Waals surface area (Å²) >= 11 is 7.66. The minimum atomic E-state index is -0.936. The first kappa shape index (κ1) is 15.9. The number of carboxylic acids is 1. The fourth-order valence-electron chi connectivity index (χ4n) is 1.78. The summed E-state index contributed by atoms with van der Waals surface area (Å²) in [6, 6.07) is 7.54. The topological polar surface area (TPSA) is 62.2 Å². The second-order valence-corrected chi connectivity index (χ2v) is 6.23. The lowest BCUT2D eigenvalue weighted by atomic mass is 9.99. The van der Waals surface area contributed by atoms with Crippen LogP contribution >= 0.6 is 22.9 Å². The summed E-state index contributed by atoms with van der Waals surface area (Å²) in [4.78, 5) is 15.8. The van der Waals surface area contributed by atoms with E-state index in [1.807, 2.05) is 36.6 Å². The van der Waals surface area contributed by atoms with Gasteiger partial charge in [0.15, 0.2) is 0 Å². The molecule has 1 unspecified atom stereocenters. The van der Waals surface area contributed by atoms with Crippen molar-refractivity contribution in [1.82, 2.24) is 10.3 Å². The zero-order valence-corrected chi connectivity index (χ0v) is 13.5. The number of benzene rings is 1. The lowest BCUT2D eigenvalue weighted by Crippen LogP contribution is -2.48. The number of aromatic nitrogens is 1. The number of nitrogens with zero attached hydrogens (tertiary/aromatic N) is 1. The Balaban J connectivity index is 2.11. The number of hydrogen-bond donors (Lipinski definition) is 2. The summed E-state index contributed by atoms with van der Waals surface area (Å²) in [7, 11) is 0. The van der Waals surface area contributed by atoms with E-state index in [1.54, 1.807) is 6.92 Å². The molecular weight excluding hydrogens is 308 g/mol.